The van der Waals surface area contributed by atoms with Crippen LogP contribution in [0.1, 0.15) is 38.4 Å². The summed E-state index contributed by atoms with van der Waals surface area (Å²) in [4.78, 5) is 25.3. The predicted octanol–water partition coefficient (Wildman–Crippen LogP) is 4.26. The number of aliphatic hydroxyl groups excluding tert-OH is 1. The summed E-state index contributed by atoms with van der Waals surface area (Å²) >= 11 is 0. The number of rotatable bonds is 5. The first-order valence-electron chi connectivity index (χ1n) is 13.5. The molecule has 39 heavy (non-hydrogen) atoms. The third-order valence-electron chi connectivity index (χ3n) is 8.19. The summed E-state index contributed by atoms with van der Waals surface area (Å²) in [6, 6.07) is 20.9. The molecule has 0 atom stereocenters. The smallest absolute Gasteiger partial charge is 0.272 e. The number of aromatic nitrogens is 2. The maximum absolute atomic E-state index is 13.7. The Balaban J connectivity index is 0.00000308. The number of piperazine rings is 1. The van der Waals surface area contributed by atoms with Crippen LogP contribution >= 0.6 is 12.4 Å². The van der Waals surface area contributed by atoms with Crippen LogP contribution in [-0.4, -0.2) is 70.1 Å². The van der Waals surface area contributed by atoms with Crippen molar-refractivity contribution in [3.05, 3.63) is 94.3 Å². The number of carbonyl (C=O) groups is 1. The number of nitrogens with zero attached hydrogens (tertiary/aromatic N) is 5. The molecule has 1 amide bonds. The van der Waals surface area contributed by atoms with Gasteiger partial charge in [-0.2, -0.15) is 0 Å². The van der Waals surface area contributed by atoms with Crippen molar-refractivity contribution in [2.45, 2.75) is 33.0 Å². The molecule has 1 saturated heterocycles. The fraction of sp³-hybridized carbons (Fsp3) is 0.355. The molecule has 0 radical (unpaired) electrons. The molecule has 7 nitrogen and oxygen atoms in total. The number of pyridine rings is 1. The molecule has 0 aliphatic carbocycles. The van der Waals surface area contributed by atoms with E-state index in [1.807, 2.05) is 17.0 Å². The Morgan fingerprint density at radius 1 is 0.949 bits per heavy atom. The van der Waals surface area contributed by atoms with E-state index in [4.69, 9.17) is 4.98 Å². The van der Waals surface area contributed by atoms with Crippen molar-refractivity contribution >= 4 is 35.0 Å². The average molecular weight is 546 g/mol. The van der Waals surface area contributed by atoms with Gasteiger partial charge in [0.1, 0.15) is 5.69 Å². The Morgan fingerprint density at radius 3 is 2.36 bits per heavy atom. The van der Waals surface area contributed by atoms with Crippen LogP contribution in [0, 0.1) is 6.92 Å². The van der Waals surface area contributed by atoms with Crippen LogP contribution in [0.15, 0.2) is 60.7 Å². The number of likely N-dealkylation sites (N-methyl/N-ethyl adjacent to an activating group) is 1. The highest BCUT2D eigenvalue weighted by molar-refractivity contribution is 6.01. The van der Waals surface area contributed by atoms with Crippen molar-refractivity contribution in [2.75, 3.05) is 44.7 Å². The fourth-order valence-corrected chi connectivity index (χ4v) is 5.89. The highest BCUT2D eigenvalue weighted by atomic mass is 35.5. The Kier molecular flexibility index (Phi) is 7.93. The van der Waals surface area contributed by atoms with Gasteiger partial charge in [-0.1, -0.05) is 54.6 Å². The summed E-state index contributed by atoms with van der Waals surface area (Å²) in [5.74, 6) is 0.796. The van der Waals surface area contributed by atoms with Gasteiger partial charge in [0.15, 0.2) is 5.82 Å². The molecular weight excluding hydrogens is 510 g/mol. The first-order chi connectivity index (χ1) is 18.5. The standard InChI is InChI=1S/C31H35N5O2.ClH/c1-22-27(21-37)26-18-28(31(38)34-16-14-33(2)15-17-34)32-30(29(26)36(22)19-23-8-4-3-5-9-23)35-13-12-24-10-6-7-11-25(24)20-35;/h3-11,18,37H,12-17,19-21H2,1-2H3;1H. The number of amides is 1. The number of fused-ring (bicyclic) bond motifs is 2. The second-order valence-corrected chi connectivity index (χ2v) is 10.6. The van der Waals surface area contributed by atoms with Gasteiger partial charge >= 0.3 is 0 Å². The zero-order valence-corrected chi connectivity index (χ0v) is 23.5. The summed E-state index contributed by atoms with van der Waals surface area (Å²) in [6.07, 6.45) is 0.932. The van der Waals surface area contributed by atoms with E-state index in [2.05, 4.69) is 76.9 Å². The van der Waals surface area contributed by atoms with E-state index in [-0.39, 0.29) is 24.9 Å². The number of carbonyl (C=O) groups excluding carboxylic acids is 1. The van der Waals surface area contributed by atoms with Gasteiger partial charge in [0.25, 0.3) is 5.91 Å². The van der Waals surface area contributed by atoms with Gasteiger partial charge < -0.3 is 24.4 Å². The molecule has 1 N–H and O–H groups in total. The van der Waals surface area contributed by atoms with Crippen LogP contribution in [0.4, 0.5) is 5.82 Å². The Labute approximate surface area is 236 Å². The summed E-state index contributed by atoms with van der Waals surface area (Å²) in [7, 11) is 2.09. The number of hydrogen-bond donors (Lipinski definition) is 1. The predicted molar refractivity (Wildman–Crippen MR) is 158 cm³/mol. The molecule has 8 heteroatoms. The van der Waals surface area contributed by atoms with E-state index in [1.54, 1.807) is 0 Å². The van der Waals surface area contributed by atoms with Crippen LogP contribution in [-0.2, 0) is 26.1 Å². The van der Waals surface area contributed by atoms with Crippen molar-refractivity contribution in [2.24, 2.45) is 0 Å². The second-order valence-electron chi connectivity index (χ2n) is 10.6. The van der Waals surface area contributed by atoms with E-state index >= 15 is 0 Å². The number of aliphatic hydroxyl groups is 1. The van der Waals surface area contributed by atoms with E-state index < -0.39 is 0 Å². The number of halogens is 1. The van der Waals surface area contributed by atoms with Gasteiger partial charge in [-0.05, 0) is 43.1 Å². The maximum atomic E-state index is 13.7. The van der Waals surface area contributed by atoms with Crippen molar-refractivity contribution in [3.63, 3.8) is 0 Å². The third kappa shape index (κ3) is 5.14. The highest BCUT2D eigenvalue weighted by Crippen LogP contribution is 2.36. The number of anilines is 1. The number of benzene rings is 2. The van der Waals surface area contributed by atoms with Crippen molar-refractivity contribution in [3.8, 4) is 0 Å². The summed E-state index contributed by atoms with van der Waals surface area (Å²) in [5, 5.41) is 11.4. The topological polar surface area (TPSA) is 64.8 Å². The van der Waals surface area contributed by atoms with Crippen molar-refractivity contribution in [1.82, 2.24) is 19.4 Å². The van der Waals surface area contributed by atoms with E-state index in [9.17, 15) is 9.90 Å². The average Bonchev–Trinajstić information content (AvgIpc) is 3.22. The molecule has 2 aliphatic rings. The summed E-state index contributed by atoms with van der Waals surface area (Å²) < 4.78 is 2.27. The lowest BCUT2D eigenvalue weighted by Crippen LogP contribution is -2.47. The molecule has 2 aromatic heterocycles. The molecule has 6 rings (SSSR count). The quantitative estimate of drug-likeness (QED) is 0.406. The van der Waals surface area contributed by atoms with Gasteiger partial charge in [0.05, 0.1) is 12.1 Å². The lowest BCUT2D eigenvalue weighted by atomic mass is 9.99. The van der Waals surface area contributed by atoms with E-state index in [1.165, 1.54) is 16.7 Å². The Morgan fingerprint density at radius 2 is 1.64 bits per heavy atom. The molecule has 2 aliphatic heterocycles. The summed E-state index contributed by atoms with van der Waals surface area (Å²) in [5.41, 5.74) is 7.18. The Hall–Kier alpha value is -3.39. The van der Waals surface area contributed by atoms with Crippen LogP contribution in [0.5, 0.6) is 0 Å². The Bertz CT molecular complexity index is 1480. The van der Waals surface area contributed by atoms with Crippen LogP contribution in [0.25, 0.3) is 10.9 Å². The van der Waals surface area contributed by atoms with Crippen LogP contribution < -0.4 is 4.90 Å². The molecule has 0 saturated carbocycles. The van der Waals surface area contributed by atoms with Gasteiger partial charge in [0.2, 0.25) is 0 Å². The lowest BCUT2D eigenvalue weighted by molar-refractivity contribution is 0.0658. The molecule has 0 spiro atoms. The van der Waals surface area contributed by atoms with Gasteiger partial charge in [-0.15, -0.1) is 12.4 Å². The zero-order valence-electron chi connectivity index (χ0n) is 22.6. The first-order valence-corrected chi connectivity index (χ1v) is 13.5. The van der Waals surface area contributed by atoms with E-state index in [0.29, 0.717) is 25.3 Å². The monoisotopic (exact) mass is 545 g/mol. The fourth-order valence-electron chi connectivity index (χ4n) is 5.89. The normalized spacial score (nSPS) is 15.8. The van der Waals surface area contributed by atoms with Crippen LogP contribution in [0.2, 0.25) is 0 Å². The molecule has 0 unspecified atom stereocenters. The maximum Gasteiger partial charge on any atom is 0.272 e. The minimum atomic E-state index is -0.0848. The molecule has 4 heterocycles. The lowest BCUT2D eigenvalue weighted by Gasteiger charge is -2.33. The first kappa shape index (κ1) is 27.2. The molecular formula is C31H36ClN5O2. The molecule has 2 aromatic carbocycles. The minimum absolute atomic E-state index is 0. The van der Waals surface area contributed by atoms with Crippen molar-refractivity contribution in [1.29, 1.82) is 0 Å². The van der Waals surface area contributed by atoms with Gasteiger partial charge in [-0.25, -0.2) is 4.98 Å². The summed E-state index contributed by atoms with van der Waals surface area (Å²) in [6.45, 7) is 7.34. The van der Waals surface area contributed by atoms with Crippen molar-refractivity contribution < 1.29 is 9.90 Å². The SMILES string of the molecule is Cc1c(CO)c2cc(C(=O)N3CCN(C)CC3)nc(N3CCc4ccccc4C3)c2n1Cc1ccccc1.Cl. The van der Waals surface area contributed by atoms with E-state index in [0.717, 1.165) is 60.6 Å². The minimum Gasteiger partial charge on any atom is -0.392 e. The van der Waals surface area contributed by atoms with Gasteiger partial charge in [-0.3, -0.25) is 4.79 Å². The number of hydrogen-bond acceptors (Lipinski definition) is 5. The van der Waals surface area contributed by atoms with Gasteiger partial charge in [0, 0.05) is 62.5 Å². The van der Waals surface area contributed by atoms with Crippen LogP contribution in [0.3, 0.4) is 0 Å². The molecule has 1 fully saturated rings. The third-order valence-corrected chi connectivity index (χ3v) is 8.19. The molecule has 0 bridgehead atoms. The molecule has 204 valence electrons. The highest BCUT2D eigenvalue weighted by Gasteiger charge is 2.28. The molecule has 4 aromatic rings. The largest absolute Gasteiger partial charge is 0.392 e. The zero-order chi connectivity index (χ0) is 26.2. The second kappa shape index (κ2) is 11.4.